The van der Waals surface area contributed by atoms with E-state index < -0.39 is 45.8 Å². The van der Waals surface area contributed by atoms with E-state index in [0.29, 0.717) is 13.0 Å². The van der Waals surface area contributed by atoms with E-state index in [2.05, 4.69) is 86.8 Å². The molecule has 3 N–H and O–H groups in total. The summed E-state index contributed by atoms with van der Waals surface area (Å²) in [7, 11) is -4.53. The minimum atomic E-state index is -4.53. The van der Waals surface area contributed by atoms with E-state index in [1.807, 2.05) is 0 Å². The number of hydrogen-bond donors (Lipinski definition) is 3. The van der Waals surface area contributed by atoms with E-state index in [4.69, 9.17) is 23.6 Å². The summed E-state index contributed by atoms with van der Waals surface area (Å²) >= 11 is 0. The highest BCUT2D eigenvalue weighted by atomic mass is 31.2. The van der Waals surface area contributed by atoms with Crippen molar-refractivity contribution in [3.63, 3.8) is 0 Å². The van der Waals surface area contributed by atoms with Crippen molar-refractivity contribution in [3.8, 4) is 0 Å². The van der Waals surface area contributed by atoms with Gasteiger partial charge in [0, 0.05) is 13.0 Å². The van der Waals surface area contributed by atoms with E-state index >= 15 is 0 Å². The van der Waals surface area contributed by atoms with Crippen LogP contribution in [0.1, 0.15) is 136 Å². The van der Waals surface area contributed by atoms with Crippen molar-refractivity contribution in [1.29, 1.82) is 0 Å². The van der Waals surface area contributed by atoms with Gasteiger partial charge in [0.25, 0.3) is 0 Å². The fourth-order valence-corrected chi connectivity index (χ4v) is 5.47. The maximum atomic E-state index is 12.6. The van der Waals surface area contributed by atoms with Crippen molar-refractivity contribution in [2.24, 2.45) is 0 Å². The van der Waals surface area contributed by atoms with Crippen LogP contribution in [0.4, 0.5) is 0 Å². The van der Waals surface area contributed by atoms with Crippen molar-refractivity contribution in [2.45, 2.75) is 148 Å². The summed E-state index contributed by atoms with van der Waals surface area (Å²) in [6.45, 7) is 3.25. The first-order chi connectivity index (χ1) is 24.8. The Morgan fingerprint density at radius 1 is 0.627 bits per heavy atom. The minimum absolute atomic E-state index is 0.0270. The van der Waals surface area contributed by atoms with Crippen LogP contribution in [-0.2, 0) is 27.9 Å². The van der Waals surface area contributed by atoms with Crippen molar-refractivity contribution in [1.82, 2.24) is 0 Å². The lowest BCUT2D eigenvalue weighted by Crippen LogP contribution is -2.29. The van der Waals surface area contributed by atoms with Crippen LogP contribution in [0.25, 0.3) is 0 Å². The van der Waals surface area contributed by atoms with E-state index in [0.717, 1.165) is 83.5 Å². The van der Waals surface area contributed by atoms with E-state index in [-0.39, 0.29) is 13.0 Å². The van der Waals surface area contributed by atoms with Crippen molar-refractivity contribution >= 4 is 13.8 Å². The standard InChI is InChI=1S/C41H71O9P/c1-3-5-7-9-11-13-15-16-17-18-19-20-21-22-23-25-27-29-31-33-41(44)50-40(38-49-51(45,46)48-36-39(43)35-42)37-47-34-32-30-28-26-24-14-12-10-8-6-4-2/h5,7-8,10-11,13,16-17,19-20,22-23,39-40,42-43H,3-4,6,9,12,14-15,18,21,24-38H2,1-2H3,(H,45,46)/b7-5-,10-8-,13-11-,17-16-,20-19-,23-22-. The lowest BCUT2D eigenvalue weighted by Gasteiger charge is -2.20. The van der Waals surface area contributed by atoms with Crippen molar-refractivity contribution in [3.05, 3.63) is 72.9 Å². The molecule has 0 heterocycles. The predicted octanol–water partition coefficient (Wildman–Crippen LogP) is 10.2. The normalized spacial score (nSPS) is 15.0. The Kier molecular flexibility index (Phi) is 36.1. The zero-order chi connectivity index (χ0) is 37.5. The van der Waals surface area contributed by atoms with Gasteiger partial charge in [-0.05, 0) is 77.0 Å². The molecule has 0 amide bonds. The topological polar surface area (TPSA) is 132 Å². The third kappa shape index (κ3) is 37.5. The average Bonchev–Trinajstić information content (AvgIpc) is 3.12. The summed E-state index contributed by atoms with van der Waals surface area (Å²) in [5.74, 6) is -0.420. The lowest BCUT2D eigenvalue weighted by molar-refractivity contribution is -0.154. The summed E-state index contributed by atoms with van der Waals surface area (Å²) in [5, 5.41) is 18.3. The molecule has 0 aliphatic carbocycles. The number of phosphoric ester groups is 1. The average molecular weight is 739 g/mol. The molecule has 3 unspecified atom stereocenters. The van der Waals surface area contributed by atoms with Crippen LogP contribution < -0.4 is 0 Å². The Hall–Kier alpha value is -2.10. The molecule has 0 aliphatic heterocycles. The maximum absolute atomic E-state index is 12.6. The van der Waals surface area contributed by atoms with Gasteiger partial charge in [0.2, 0.25) is 0 Å². The van der Waals surface area contributed by atoms with Gasteiger partial charge >= 0.3 is 13.8 Å². The van der Waals surface area contributed by atoms with Crippen LogP contribution in [0.5, 0.6) is 0 Å². The molecule has 0 fully saturated rings. The van der Waals surface area contributed by atoms with E-state index in [9.17, 15) is 19.4 Å². The molecule has 9 nitrogen and oxygen atoms in total. The van der Waals surface area contributed by atoms with E-state index in [1.165, 1.54) is 25.7 Å². The Bertz CT molecular complexity index is 1020. The third-order valence-corrected chi connectivity index (χ3v) is 8.56. The van der Waals surface area contributed by atoms with Gasteiger partial charge in [-0.2, -0.15) is 0 Å². The smallest absolute Gasteiger partial charge is 0.457 e. The summed E-state index contributed by atoms with van der Waals surface area (Å²) in [4.78, 5) is 22.5. The highest BCUT2D eigenvalue weighted by Gasteiger charge is 2.26. The Labute approximate surface area is 310 Å². The number of rotatable bonds is 36. The SMILES string of the molecule is CC/C=C\C/C=C\C/C=C\C/C=C\C/C=C\CCCCCC(=O)OC(COCCCCCCCC/C=C\CCC)COP(=O)(O)OCC(O)CO. The molecular weight excluding hydrogens is 667 g/mol. The largest absolute Gasteiger partial charge is 0.472 e. The summed E-state index contributed by atoms with van der Waals surface area (Å²) < 4.78 is 33.2. The monoisotopic (exact) mass is 738 g/mol. The van der Waals surface area contributed by atoms with Gasteiger partial charge in [-0.15, -0.1) is 0 Å². The van der Waals surface area contributed by atoms with Crippen molar-refractivity contribution in [2.75, 3.05) is 33.0 Å². The number of phosphoric acid groups is 1. The van der Waals surface area contributed by atoms with Crippen LogP contribution in [-0.4, -0.2) is 66.3 Å². The zero-order valence-electron chi connectivity index (χ0n) is 31.8. The van der Waals surface area contributed by atoms with Gasteiger partial charge in [0.1, 0.15) is 12.2 Å². The molecule has 3 atom stereocenters. The highest BCUT2D eigenvalue weighted by molar-refractivity contribution is 7.47. The van der Waals surface area contributed by atoms with Gasteiger partial charge < -0.3 is 24.6 Å². The first kappa shape index (κ1) is 48.9. The number of unbranched alkanes of at least 4 members (excludes halogenated alkanes) is 10. The summed E-state index contributed by atoms with van der Waals surface area (Å²) in [6.07, 6.45) is 42.9. The molecule has 0 aliphatic rings. The number of allylic oxidation sites excluding steroid dienone is 12. The van der Waals surface area contributed by atoms with Crippen LogP contribution >= 0.6 is 7.82 Å². The van der Waals surface area contributed by atoms with Crippen LogP contribution in [0.2, 0.25) is 0 Å². The molecule has 0 aromatic rings. The fraction of sp³-hybridized carbons (Fsp3) is 0.683. The molecule has 0 rings (SSSR count). The van der Waals surface area contributed by atoms with Gasteiger partial charge in [0.05, 0.1) is 26.4 Å². The molecule has 0 bridgehead atoms. The number of aliphatic hydroxyl groups excluding tert-OH is 2. The highest BCUT2D eigenvalue weighted by Crippen LogP contribution is 2.43. The van der Waals surface area contributed by atoms with E-state index in [1.54, 1.807) is 0 Å². The second kappa shape index (κ2) is 37.7. The molecule has 0 aromatic carbocycles. The second-order valence-electron chi connectivity index (χ2n) is 12.6. The van der Waals surface area contributed by atoms with Crippen LogP contribution in [0.15, 0.2) is 72.9 Å². The molecular formula is C41H71O9P. The van der Waals surface area contributed by atoms with Crippen LogP contribution in [0, 0.1) is 0 Å². The third-order valence-electron chi connectivity index (χ3n) is 7.61. The molecule has 51 heavy (non-hydrogen) atoms. The second-order valence-corrected chi connectivity index (χ2v) is 14.0. The molecule has 10 heteroatoms. The number of hydrogen-bond acceptors (Lipinski definition) is 8. The molecule has 294 valence electrons. The summed E-state index contributed by atoms with van der Waals surface area (Å²) in [6, 6.07) is 0. The lowest BCUT2D eigenvalue weighted by atomic mass is 10.1. The van der Waals surface area contributed by atoms with Crippen molar-refractivity contribution < 1.29 is 43.0 Å². The number of ether oxygens (including phenoxy) is 2. The molecule has 0 saturated carbocycles. The predicted molar refractivity (Wildman–Crippen MR) is 209 cm³/mol. The quantitative estimate of drug-likeness (QED) is 0.0249. The van der Waals surface area contributed by atoms with Gasteiger partial charge in [0.15, 0.2) is 0 Å². The maximum Gasteiger partial charge on any atom is 0.472 e. The molecule has 0 spiro atoms. The first-order valence-corrected chi connectivity index (χ1v) is 20.9. The van der Waals surface area contributed by atoms with Gasteiger partial charge in [-0.3, -0.25) is 13.8 Å². The number of carbonyl (C=O) groups excluding carboxylic acids is 1. The van der Waals surface area contributed by atoms with Crippen LogP contribution in [0.3, 0.4) is 0 Å². The minimum Gasteiger partial charge on any atom is -0.457 e. The van der Waals surface area contributed by atoms with Gasteiger partial charge in [-0.1, -0.05) is 125 Å². The Balaban J connectivity index is 4.31. The fourth-order valence-electron chi connectivity index (χ4n) is 4.68. The Morgan fingerprint density at radius 3 is 1.71 bits per heavy atom. The summed E-state index contributed by atoms with van der Waals surface area (Å²) in [5.41, 5.74) is 0. The zero-order valence-corrected chi connectivity index (χ0v) is 32.7. The number of carbonyl (C=O) groups is 1. The number of aliphatic hydroxyl groups is 2. The number of esters is 1. The van der Waals surface area contributed by atoms with Gasteiger partial charge in [-0.25, -0.2) is 4.57 Å². The molecule has 0 aromatic heterocycles. The Morgan fingerprint density at radius 2 is 1.12 bits per heavy atom. The molecule has 0 radical (unpaired) electrons. The molecule has 0 saturated heterocycles. The first-order valence-electron chi connectivity index (χ1n) is 19.4.